The third-order valence-electron chi connectivity index (χ3n) is 6.79. The predicted molar refractivity (Wildman–Crippen MR) is 142 cm³/mol. The molecule has 1 saturated heterocycles. The molecular weight excluding hydrogens is 468 g/mol. The summed E-state index contributed by atoms with van der Waals surface area (Å²) < 4.78 is 12.3. The second kappa shape index (κ2) is 10.8. The molecule has 1 aromatic heterocycles. The maximum Gasteiger partial charge on any atom is 0.275 e. The fourth-order valence-corrected chi connectivity index (χ4v) is 4.76. The number of ether oxygens (including phenoxy) is 2. The van der Waals surface area contributed by atoms with Gasteiger partial charge >= 0.3 is 0 Å². The number of rotatable bonds is 7. The van der Waals surface area contributed by atoms with Gasteiger partial charge in [-0.2, -0.15) is 5.10 Å². The van der Waals surface area contributed by atoms with Crippen LogP contribution in [0.15, 0.2) is 77.6 Å². The topological polar surface area (TPSA) is 76.9 Å². The van der Waals surface area contributed by atoms with Crippen molar-refractivity contribution in [2.24, 2.45) is 0 Å². The van der Waals surface area contributed by atoms with Crippen LogP contribution in [-0.4, -0.2) is 65.9 Å². The summed E-state index contributed by atoms with van der Waals surface area (Å²) in [5.74, 6) is 1.44. The van der Waals surface area contributed by atoms with E-state index in [0.29, 0.717) is 55.7 Å². The summed E-state index contributed by atoms with van der Waals surface area (Å²) in [4.78, 5) is 30.9. The first kappa shape index (κ1) is 24.5. The first-order valence-corrected chi connectivity index (χ1v) is 12.3. The van der Waals surface area contributed by atoms with Crippen LogP contribution in [0.4, 0.5) is 0 Å². The molecule has 8 heteroatoms. The average molecular weight is 499 g/mol. The largest absolute Gasteiger partial charge is 0.497 e. The Morgan fingerprint density at radius 3 is 2.24 bits per heavy atom. The van der Waals surface area contributed by atoms with Crippen molar-refractivity contribution in [2.45, 2.75) is 13.1 Å². The lowest BCUT2D eigenvalue weighted by Gasteiger charge is -2.35. The minimum atomic E-state index is -0.201. The lowest BCUT2D eigenvalue weighted by atomic mass is 10.1. The van der Waals surface area contributed by atoms with Gasteiger partial charge in [0.15, 0.2) is 5.69 Å². The van der Waals surface area contributed by atoms with Gasteiger partial charge < -0.3 is 14.4 Å². The minimum absolute atomic E-state index is 0.156. The van der Waals surface area contributed by atoms with Crippen molar-refractivity contribution in [2.75, 3.05) is 40.4 Å². The highest BCUT2D eigenvalue weighted by Crippen LogP contribution is 2.26. The van der Waals surface area contributed by atoms with Crippen molar-refractivity contribution in [3.8, 4) is 11.5 Å². The summed E-state index contributed by atoms with van der Waals surface area (Å²) in [6.07, 6.45) is 0. The Labute approximate surface area is 215 Å². The lowest BCUT2D eigenvalue weighted by Crippen LogP contribution is -2.48. The van der Waals surface area contributed by atoms with Crippen LogP contribution in [0.3, 0.4) is 0 Å². The monoisotopic (exact) mass is 498 g/mol. The van der Waals surface area contributed by atoms with E-state index in [0.717, 1.165) is 22.6 Å². The smallest absolute Gasteiger partial charge is 0.275 e. The van der Waals surface area contributed by atoms with Crippen molar-refractivity contribution < 1.29 is 14.3 Å². The van der Waals surface area contributed by atoms with Crippen molar-refractivity contribution in [3.63, 3.8) is 0 Å². The van der Waals surface area contributed by atoms with E-state index in [-0.39, 0.29) is 11.5 Å². The zero-order valence-corrected chi connectivity index (χ0v) is 21.1. The summed E-state index contributed by atoms with van der Waals surface area (Å²) in [5, 5.41) is 5.66. The molecule has 0 atom stereocenters. The Hall–Kier alpha value is -4.17. The summed E-state index contributed by atoms with van der Waals surface area (Å²) in [5.41, 5.74) is 2.11. The van der Waals surface area contributed by atoms with Gasteiger partial charge in [0.2, 0.25) is 0 Å². The molecule has 0 aliphatic carbocycles. The van der Waals surface area contributed by atoms with E-state index in [1.54, 1.807) is 26.4 Å². The van der Waals surface area contributed by atoms with Crippen molar-refractivity contribution in [3.05, 3.63) is 100.0 Å². The Morgan fingerprint density at radius 2 is 1.54 bits per heavy atom. The Kier molecular flexibility index (Phi) is 7.18. The second-order valence-electron chi connectivity index (χ2n) is 9.09. The molecule has 190 valence electrons. The molecular formula is C29H30N4O4. The molecule has 3 aromatic carbocycles. The summed E-state index contributed by atoms with van der Waals surface area (Å²) >= 11 is 0. The zero-order chi connectivity index (χ0) is 25.8. The summed E-state index contributed by atoms with van der Waals surface area (Å²) in [6.45, 7) is 3.58. The molecule has 4 aromatic rings. The van der Waals surface area contributed by atoms with Crippen LogP contribution in [0.25, 0.3) is 10.8 Å². The van der Waals surface area contributed by atoms with Crippen LogP contribution in [0, 0.1) is 0 Å². The molecule has 0 spiro atoms. The molecule has 0 bridgehead atoms. The molecule has 1 aliphatic rings. The van der Waals surface area contributed by atoms with E-state index >= 15 is 0 Å². The van der Waals surface area contributed by atoms with Crippen molar-refractivity contribution >= 4 is 16.7 Å². The number of piperazine rings is 1. The van der Waals surface area contributed by atoms with Gasteiger partial charge in [-0.1, -0.05) is 48.5 Å². The van der Waals surface area contributed by atoms with Crippen LogP contribution >= 0.6 is 0 Å². The van der Waals surface area contributed by atoms with Crippen LogP contribution in [0.5, 0.6) is 11.5 Å². The fourth-order valence-electron chi connectivity index (χ4n) is 4.76. The highest BCUT2D eigenvalue weighted by molar-refractivity contribution is 6.04. The van der Waals surface area contributed by atoms with E-state index in [9.17, 15) is 9.59 Å². The van der Waals surface area contributed by atoms with Gasteiger partial charge in [0.05, 0.1) is 26.2 Å². The summed E-state index contributed by atoms with van der Waals surface area (Å²) in [7, 11) is 3.31. The SMILES string of the molecule is COc1ccc(OC)c(CN2CCN(C(=O)c3nn(Cc4ccccc4)c(=O)c4ccccc34)CC2)c1. The highest BCUT2D eigenvalue weighted by Gasteiger charge is 2.26. The number of fused-ring (bicyclic) bond motifs is 1. The molecule has 1 aliphatic heterocycles. The quantitative estimate of drug-likeness (QED) is 0.389. The molecule has 0 radical (unpaired) electrons. The number of nitrogens with zero attached hydrogens (tertiary/aromatic N) is 4. The van der Waals surface area contributed by atoms with Gasteiger partial charge in [0.1, 0.15) is 11.5 Å². The van der Waals surface area contributed by atoms with Gasteiger partial charge in [-0.25, -0.2) is 4.68 Å². The maximum atomic E-state index is 13.7. The Bertz CT molecular complexity index is 1460. The van der Waals surface area contributed by atoms with Gasteiger partial charge in [0.25, 0.3) is 11.5 Å². The number of carbonyl (C=O) groups is 1. The molecule has 2 heterocycles. The average Bonchev–Trinajstić information content (AvgIpc) is 2.95. The normalized spacial score (nSPS) is 14.1. The number of aromatic nitrogens is 2. The number of hydrogen-bond acceptors (Lipinski definition) is 6. The number of hydrogen-bond donors (Lipinski definition) is 0. The third-order valence-corrected chi connectivity index (χ3v) is 6.79. The number of amides is 1. The van der Waals surface area contributed by atoms with Crippen molar-refractivity contribution in [1.82, 2.24) is 19.6 Å². The van der Waals surface area contributed by atoms with Gasteiger partial charge in [-0.15, -0.1) is 0 Å². The molecule has 1 fully saturated rings. The van der Waals surface area contributed by atoms with Crippen molar-refractivity contribution in [1.29, 1.82) is 0 Å². The van der Waals surface area contributed by atoms with Gasteiger partial charge in [-0.3, -0.25) is 14.5 Å². The minimum Gasteiger partial charge on any atom is -0.497 e. The fraction of sp³-hybridized carbons (Fsp3) is 0.276. The van der Waals surface area contributed by atoms with Gasteiger partial charge in [0, 0.05) is 43.7 Å². The number of carbonyl (C=O) groups excluding carboxylic acids is 1. The predicted octanol–water partition coefficient (Wildman–Crippen LogP) is 3.42. The van der Waals surface area contributed by atoms with E-state index in [2.05, 4.69) is 10.00 Å². The van der Waals surface area contributed by atoms with Crippen LogP contribution in [0.2, 0.25) is 0 Å². The Balaban J connectivity index is 1.36. The van der Waals surface area contributed by atoms with E-state index in [1.165, 1.54) is 4.68 Å². The first-order chi connectivity index (χ1) is 18.1. The zero-order valence-electron chi connectivity index (χ0n) is 21.1. The Morgan fingerprint density at radius 1 is 0.838 bits per heavy atom. The van der Waals surface area contributed by atoms with Gasteiger partial charge in [-0.05, 0) is 29.8 Å². The molecule has 1 amide bonds. The van der Waals surface area contributed by atoms with Crippen LogP contribution in [0.1, 0.15) is 21.6 Å². The van der Waals surface area contributed by atoms with E-state index in [1.807, 2.05) is 65.6 Å². The molecule has 37 heavy (non-hydrogen) atoms. The lowest BCUT2D eigenvalue weighted by molar-refractivity contribution is 0.0621. The molecule has 0 saturated carbocycles. The van der Waals surface area contributed by atoms with Crippen LogP contribution < -0.4 is 15.0 Å². The third kappa shape index (κ3) is 5.20. The maximum absolute atomic E-state index is 13.7. The second-order valence-corrected chi connectivity index (χ2v) is 9.09. The summed E-state index contributed by atoms with van der Waals surface area (Å²) in [6, 6.07) is 22.7. The molecule has 8 nitrogen and oxygen atoms in total. The van der Waals surface area contributed by atoms with E-state index in [4.69, 9.17) is 9.47 Å². The number of methoxy groups -OCH3 is 2. The standard InChI is InChI=1S/C29H30N4O4/c1-36-23-12-13-26(37-2)22(18-23)20-31-14-16-32(17-15-31)29(35)27-24-10-6-7-11-25(24)28(34)33(30-27)19-21-8-4-3-5-9-21/h3-13,18H,14-17,19-20H2,1-2H3. The van der Waals surface area contributed by atoms with E-state index < -0.39 is 0 Å². The number of benzene rings is 3. The molecule has 0 N–H and O–H groups in total. The molecule has 0 unspecified atom stereocenters. The molecule has 5 rings (SSSR count). The van der Waals surface area contributed by atoms with Crippen LogP contribution in [-0.2, 0) is 13.1 Å². The highest BCUT2D eigenvalue weighted by atomic mass is 16.5. The first-order valence-electron chi connectivity index (χ1n) is 12.3.